The van der Waals surface area contributed by atoms with Crippen molar-refractivity contribution in [2.24, 2.45) is 0 Å². The number of amides is 1. The summed E-state index contributed by atoms with van der Waals surface area (Å²) in [5.41, 5.74) is 2.62. The monoisotopic (exact) mass is 378 g/mol. The summed E-state index contributed by atoms with van der Waals surface area (Å²) in [4.78, 5) is 33.4. The van der Waals surface area contributed by atoms with Crippen LogP contribution in [0.2, 0.25) is 0 Å². The lowest BCUT2D eigenvalue weighted by Gasteiger charge is -2.06. The predicted octanol–water partition coefficient (Wildman–Crippen LogP) is 3.73. The van der Waals surface area contributed by atoms with Crippen LogP contribution in [0.1, 0.15) is 18.4 Å². The summed E-state index contributed by atoms with van der Waals surface area (Å²) in [6, 6.07) is 13.2. The van der Waals surface area contributed by atoms with Crippen molar-refractivity contribution in [1.82, 2.24) is 14.5 Å². The van der Waals surface area contributed by atoms with Gasteiger partial charge in [0.15, 0.2) is 5.13 Å². The molecule has 4 aromatic rings. The highest BCUT2D eigenvalue weighted by molar-refractivity contribution is 7.22. The molecule has 1 N–H and O–H groups in total. The van der Waals surface area contributed by atoms with E-state index in [0.29, 0.717) is 35.4 Å². The molecule has 4 rings (SSSR count). The number of aryl methyl sites for hydroxylation is 2. The van der Waals surface area contributed by atoms with Crippen molar-refractivity contribution in [3.8, 4) is 0 Å². The summed E-state index contributed by atoms with van der Waals surface area (Å²) in [6.07, 6.45) is 2.41. The highest BCUT2D eigenvalue weighted by Crippen LogP contribution is 2.27. The van der Waals surface area contributed by atoms with Crippen molar-refractivity contribution in [3.05, 3.63) is 64.7 Å². The van der Waals surface area contributed by atoms with Crippen LogP contribution in [0.15, 0.2) is 53.6 Å². The molecule has 0 saturated carbocycles. The molecule has 136 valence electrons. The average Bonchev–Trinajstić information content (AvgIpc) is 3.08. The lowest BCUT2D eigenvalue weighted by Crippen LogP contribution is -2.21. The SMILES string of the molecule is Cc1cccc2sc(NC(=O)CCCn3cnc4ccccc4c3=O)nc12. The minimum Gasteiger partial charge on any atom is -0.302 e. The third kappa shape index (κ3) is 3.59. The third-order valence-electron chi connectivity index (χ3n) is 4.40. The molecule has 0 aliphatic carbocycles. The number of nitrogens with zero attached hydrogens (tertiary/aromatic N) is 3. The maximum atomic E-state index is 12.4. The molecule has 0 bridgehead atoms. The zero-order valence-corrected chi connectivity index (χ0v) is 15.6. The van der Waals surface area contributed by atoms with Crippen LogP contribution in [0.25, 0.3) is 21.1 Å². The van der Waals surface area contributed by atoms with Crippen LogP contribution in [0.4, 0.5) is 5.13 Å². The van der Waals surface area contributed by atoms with Crippen molar-refractivity contribution in [2.45, 2.75) is 26.3 Å². The summed E-state index contributed by atoms with van der Waals surface area (Å²) in [6.45, 7) is 2.45. The smallest absolute Gasteiger partial charge is 0.261 e. The number of rotatable bonds is 5. The molecule has 0 aliphatic heterocycles. The zero-order valence-electron chi connectivity index (χ0n) is 14.8. The number of thiazole rings is 1. The number of fused-ring (bicyclic) bond motifs is 2. The van der Waals surface area contributed by atoms with E-state index in [2.05, 4.69) is 15.3 Å². The van der Waals surface area contributed by atoms with Gasteiger partial charge >= 0.3 is 0 Å². The second kappa shape index (κ2) is 7.28. The summed E-state index contributed by atoms with van der Waals surface area (Å²) >= 11 is 1.47. The Kier molecular flexibility index (Phi) is 4.68. The molecule has 27 heavy (non-hydrogen) atoms. The van der Waals surface area contributed by atoms with Gasteiger partial charge in [-0.3, -0.25) is 14.2 Å². The topological polar surface area (TPSA) is 76.9 Å². The van der Waals surface area contributed by atoms with E-state index in [-0.39, 0.29) is 11.5 Å². The lowest BCUT2D eigenvalue weighted by molar-refractivity contribution is -0.116. The molecule has 6 nitrogen and oxygen atoms in total. The summed E-state index contributed by atoms with van der Waals surface area (Å²) < 4.78 is 2.61. The molecule has 2 aromatic carbocycles. The number of aromatic nitrogens is 3. The first kappa shape index (κ1) is 17.4. The molecule has 0 saturated heterocycles. The summed E-state index contributed by atoms with van der Waals surface area (Å²) in [7, 11) is 0. The largest absolute Gasteiger partial charge is 0.302 e. The van der Waals surface area contributed by atoms with Gasteiger partial charge in [-0.15, -0.1) is 0 Å². The minimum atomic E-state index is -0.103. The second-order valence-electron chi connectivity index (χ2n) is 6.35. The van der Waals surface area contributed by atoms with E-state index in [0.717, 1.165) is 15.8 Å². The Hall–Kier alpha value is -3.06. The molecular weight excluding hydrogens is 360 g/mol. The van der Waals surface area contributed by atoms with Crippen molar-refractivity contribution in [3.63, 3.8) is 0 Å². The fourth-order valence-electron chi connectivity index (χ4n) is 3.00. The first-order chi connectivity index (χ1) is 13.1. The van der Waals surface area contributed by atoms with Crippen LogP contribution in [0.5, 0.6) is 0 Å². The maximum absolute atomic E-state index is 12.4. The van der Waals surface area contributed by atoms with E-state index in [1.165, 1.54) is 11.3 Å². The molecule has 0 spiro atoms. The number of benzene rings is 2. The lowest BCUT2D eigenvalue weighted by atomic mass is 10.2. The zero-order chi connectivity index (χ0) is 18.8. The fourth-order valence-corrected chi connectivity index (χ4v) is 3.96. The van der Waals surface area contributed by atoms with Gasteiger partial charge in [0.25, 0.3) is 5.56 Å². The van der Waals surface area contributed by atoms with E-state index in [1.807, 2.05) is 43.3 Å². The third-order valence-corrected chi connectivity index (χ3v) is 5.34. The molecular formula is C20H18N4O2S. The van der Waals surface area contributed by atoms with E-state index in [1.54, 1.807) is 17.0 Å². The minimum absolute atomic E-state index is 0.0809. The van der Waals surface area contributed by atoms with E-state index >= 15 is 0 Å². The van der Waals surface area contributed by atoms with Crippen molar-refractivity contribution < 1.29 is 4.79 Å². The molecule has 1 amide bonds. The van der Waals surface area contributed by atoms with E-state index in [9.17, 15) is 9.59 Å². The van der Waals surface area contributed by atoms with Gasteiger partial charge in [0.1, 0.15) is 0 Å². The standard InChI is InChI=1S/C20H18N4O2S/c1-13-6-4-9-16-18(13)23-20(27-16)22-17(25)10-5-11-24-12-21-15-8-3-2-7-14(15)19(24)26/h2-4,6-9,12H,5,10-11H2,1H3,(H,22,23,25). The van der Waals surface area contributed by atoms with Crippen molar-refractivity contribution >= 4 is 43.5 Å². The normalized spacial score (nSPS) is 11.1. The number of carbonyl (C=O) groups excluding carboxylic acids is 1. The molecule has 2 aromatic heterocycles. The number of para-hydroxylation sites is 2. The summed E-state index contributed by atoms with van der Waals surface area (Å²) in [5, 5.41) is 4.05. The highest BCUT2D eigenvalue weighted by atomic mass is 32.1. The van der Waals surface area contributed by atoms with Gasteiger partial charge in [-0.05, 0) is 37.1 Å². The first-order valence-corrected chi connectivity index (χ1v) is 9.53. The Bertz CT molecular complexity index is 1200. The maximum Gasteiger partial charge on any atom is 0.261 e. The second-order valence-corrected chi connectivity index (χ2v) is 7.38. The number of nitrogens with one attached hydrogen (secondary N) is 1. The molecule has 0 atom stereocenters. The molecule has 0 unspecified atom stereocenters. The summed E-state index contributed by atoms with van der Waals surface area (Å²) in [5.74, 6) is -0.103. The Morgan fingerprint density at radius 3 is 2.89 bits per heavy atom. The van der Waals surface area contributed by atoms with Gasteiger partial charge in [-0.2, -0.15) is 0 Å². The fraction of sp³-hybridized carbons (Fsp3) is 0.200. The van der Waals surface area contributed by atoms with Gasteiger partial charge < -0.3 is 5.32 Å². The Morgan fingerprint density at radius 1 is 1.19 bits per heavy atom. The predicted molar refractivity (Wildman–Crippen MR) is 108 cm³/mol. The number of anilines is 1. The van der Waals surface area contributed by atoms with Gasteiger partial charge in [-0.25, -0.2) is 9.97 Å². The highest BCUT2D eigenvalue weighted by Gasteiger charge is 2.10. The molecule has 0 radical (unpaired) electrons. The first-order valence-electron chi connectivity index (χ1n) is 8.72. The van der Waals surface area contributed by atoms with Crippen LogP contribution < -0.4 is 10.9 Å². The van der Waals surface area contributed by atoms with Gasteiger partial charge in [0, 0.05) is 13.0 Å². The van der Waals surface area contributed by atoms with Crippen LogP contribution >= 0.6 is 11.3 Å². The number of hydrogen-bond donors (Lipinski definition) is 1. The van der Waals surface area contributed by atoms with Gasteiger partial charge in [0.2, 0.25) is 5.91 Å². The van der Waals surface area contributed by atoms with Gasteiger partial charge in [-0.1, -0.05) is 35.6 Å². The number of hydrogen-bond acceptors (Lipinski definition) is 5. The van der Waals surface area contributed by atoms with Crippen LogP contribution in [0.3, 0.4) is 0 Å². The van der Waals surface area contributed by atoms with Crippen LogP contribution in [-0.2, 0) is 11.3 Å². The number of carbonyl (C=O) groups is 1. The Morgan fingerprint density at radius 2 is 2.04 bits per heavy atom. The molecule has 0 fully saturated rings. The van der Waals surface area contributed by atoms with Crippen molar-refractivity contribution in [2.75, 3.05) is 5.32 Å². The Labute approximate surface area is 159 Å². The van der Waals surface area contributed by atoms with Crippen LogP contribution in [-0.4, -0.2) is 20.4 Å². The quantitative estimate of drug-likeness (QED) is 0.574. The molecule has 0 aliphatic rings. The van der Waals surface area contributed by atoms with E-state index < -0.39 is 0 Å². The molecule has 2 heterocycles. The van der Waals surface area contributed by atoms with Crippen LogP contribution in [0, 0.1) is 6.92 Å². The van der Waals surface area contributed by atoms with E-state index in [4.69, 9.17) is 0 Å². The van der Waals surface area contributed by atoms with Gasteiger partial charge in [0.05, 0.1) is 27.4 Å². The average molecular weight is 378 g/mol. The van der Waals surface area contributed by atoms with Crippen molar-refractivity contribution in [1.29, 1.82) is 0 Å². The molecule has 7 heteroatoms. The Balaban J connectivity index is 1.39.